The molecule has 0 aromatic heterocycles. The Kier molecular flexibility index (Phi) is 6.36. The molecule has 1 atom stereocenters. The summed E-state index contributed by atoms with van der Waals surface area (Å²) in [5.41, 5.74) is 2.80. The first-order chi connectivity index (χ1) is 9.12. The summed E-state index contributed by atoms with van der Waals surface area (Å²) >= 11 is 0. The summed E-state index contributed by atoms with van der Waals surface area (Å²) in [5.74, 6) is -0.0367. The van der Waals surface area contributed by atoms with Crippen LogP contribution in [0.25, 0.3) is 0 Å². The van der Waals surface area contributed by atoms with Crippen molar-refractivity contribution in [3.05, 3.63) is 29.3 Å². The molecule has 4 heteroatoms. The number of hydrogen-bond acceptors (Lipinski definition) is 3. The molecule has 1 aromatic carbocycles. The van der Waals surface area contributed by atoms with Crippen LogP contribution in [0.5, 0.6) is 0 Å². The number of nitrogens with one attached hydrogen (secondary N) is 2. The van der Waals surface area contributed by atoms with Gasteiger partial charge < -0.3 is 15.4 Å². The topological polar surface area (TPSA) is 50.4 Å². The van der Waals surface area contributed by atoms with Crippen LogP contribution in [0.1, 0.15) is 36.2 Å². The van der Waals surface area contributed by atoms with Crippen molar-refractivity contribution in [3.8, 4) is 0 Å². The predicted octanol–water partition coefficient (Wildman–Crippen LogP) is 2.58. The van der Waals surface area contributed by atoms with Gasteiger partial charge in [0, 0.05) is 30.9 Å². The number of carbonyl (C=O) groups is 1. The number of aryl methyl sites for hydroxylation is 1. The monoisotopic (exact) mass is 264 g/mol. The van der Waals surface area contributed by atoms with Crippen molar-refractivity contribution >= 4 is 11.6 Å². The molecule has 0 aliphatic carbocycles. The Hall–Kier alpha value is -1.55. The van der Waals surface area contributed by atoms with E-state index in [1.165, 1.54) is 0 Å². The summed E-state index contributed by atoms with van der Waals surface area (Å²) in [4.78, 5) is 11.8. The Bertz CT molecular complexity index is 419. The van der Waals surface area contributed by atoms with E-state index >= 15 is 0 Å². The maximum absolute atomic E-state index is 11.8. The minimum absolute atomic E-state index is 0.0367. The molecule has 4 nitrogen and oxygen atoms in total. The van der Waals surface area contributed by atoms with Crippen LogP contribution < -0.4 is 10.6 Å². The van der Waals surface area contributed by atoms with Crippen LogP contribution in [0, 0.1) is 6.92 Å². The highest BCUT2D eigenvalue weighted by Gasteiger charge is 2.10. The van der Waals surface area contributed by atoms with E-state index in [-0.39, 0.29) is 11.9 Å². The third-order valence-electron chi connectivity index (χ3n) is 3.06. The number of ether oxygens (including phenoxy) is 1. The van der Waals surface area contributed by atoms with Gasteiger partial charge in [-0.25, -0.2) is 0 Å². The molecule has 0 heterocycles. The van der Waals surface area contributed by atoms with Crippen LogP contribution >= 0.6 is 0 Å². The Morgan fingerprint density at radius 2 is 2.11 bits per heavy atom. The van der Waals surface area contributed by atoms with Crippen LogP contribution in [0.2, 0.25) is 0 Å². The number of benzene rings is 1. The first-order valence-electron chi connectivity index (χ1n) is 6.76. The highest BCUT2D eigenvalue weighted by molar-refractivity contribution is 5.95. The molecule has 0 spiro atoms. The zero-order valence-electron chi connectivity index (χ0n) is 12.2. The van der Waals surface area contributed by atoms with Gasteiger partial charge in [0.25, 0.3) is 5.91 Å². The molecule has 0 aliphatic rings. The van der Waals surface area contributed by atoms with Gasteiger partial charge in [0.1, 0.15) is 0 Å². The SMILES string of the molecule is CCNC(=O)c1ccc(C)c(NC(CC)COC)c1. The fraction of sp³-hybridized carbons (Fsp3) is 0.533. The van der Waals surface area contributed by atoms with Gasteiger partial charge in [0.15, 0.2) is 0 Å². The van der Waals surface area contributed by atoms with E-state index in [4.69, 9.17) is 4.74 Å². The van der Waals surface area contributed by atoms with E-state index in [9.17, 15) is 4.79 Å². The second-order valence-corrected chi connectivity index (χ2v) is 4.59. The second-order valence-electron chi connectivity index (χ2n) is 4.59. The molecule has 2 N–H and O–H groups in total. The molecule has 1 unspecified atom stereocenters. The zero-order chi connectivity index (χ0) is 14.3. The highest BCUT2D eigenvalue weighted by Crippen LogP contribution is 2.18. The van der Waals surface area contributed by atoms with Gasteiger partial charge in [-0.05, 0) is 38.0 Å². The Balaban J connectivity index is 2.87. The molecular formula is C15H24N2O2. The van der Waals surface area contributed by atoms with Gasteiger partial charge in [-0.15, -0.1) is 0 Å². The molecule has 1 rings (SSSR count). The van der Waals surface area contributed by atoms with Gasteiger partial charge in [-0.2, -0.15) is 0 Å². The third kappa shape index (κ3) is 4.56. The van der Waals surface area contributed by atoms with Crippen LogP contribution in [-0.4, -0.2) is 32.2 Å². The standard InChI is InChI=1S/C15H24N2O2/c1-5-13(10-19-4)17-14-9-12(8-7-11(14)3)15(18)16-6-2/h7-9,13,17H,5-6,10H2,1-4H3,(H,16,18). The lowest BCUT2D eigenvalue weighted by Crippen LogP contribution is -2.25. The first kappa shape index (κ1) is 15.5. The molecule has 0 bridgehead atoms. The number of hydrogen-bond donors (Lipinski definition) is 2. The van der Waals surface area contributed by atoms with E-state index in [0.717, 1.165) is 17.7 Å². The lowest BCUT2D eigenvalue weighted by Gasteiger charge is -2.19. The van der Waals surface area contributed by atoms with E-state index in [1.54, 1.807) is 7.11 Å². The first-order valence-corrected chi connectivity index (χ1v) is 6.76. The van der Waals surface area contributed by atoms with E-state index in [2.05, 4.69) is 17.6 Å². The Morgan fingerprint density at radius 3 is 2.68 bits per heavy atom. The number of amides is 1. The van der Waals surface area contributed by atoms with E-state index in [0.29, 0.717) is 18.7 Å². The number of carbonyl (C=O) groups excluding carboxylic acids is 1. The summed E-state index contributed by atoms with van der Waals surface area (Å²) in [5, 5.41) is 6.24. The Labute approximate surface area is 115 Å². The average molecular weight is 264 g/mol. The van der Waals surface area contributed by atoms with Gasteiger partial charge in [-0.1, -0.05) is 13.0 Å². The largest absolute Gasteiger partial charge is 0.383 e. The number of anilines is 1. The van der Waals surface area contributed by atoms with Gasteiger partial charge >= 0.3 is 0 Å². The van der Waals surface area contributed by atoms with Crippen LogP contribution in [0.15, 0.2) is 18.2 Å². The number of rotatable bonds is 7. The molecule has 106 valence electrons. The molecule has 1 amide bonds. The fourth-order valence-electron chi connectivity index (χ4n) is 1.86. The molecule has 19 heavy (non-hydrogen) atoms. The van der Waals surface area contributed by atoms with Gasteiger partial charge in [0.2, 0.25) is 0 Å². The minimum Gasteiger partial charge on any atom is -0.383 e. The third-order valence-corrected chi connectivity index (χ3v) is 3.06. The normalized spacial score (nSPS) is 12.0. The maximum Gasteiger partial charge on any atom is 0.251 e. The minimum atomic E-state index is -0.0367. The molecule has 0 saturated carbocycles. The second kappa shape index (κ2) is 7.79. The highest BCUT2D eigenvalue weighted by atomic mass is 16.5. The Morgan fingerprint density at radius 1 is 1.37 bits per heavy atom. The van der Waals surface area contributed by atoms with Crippen LogP contribution in [0.3, 0.4) is 0 Å². The maximum atomic E-state index is 11.8. The number of methoxy groups -OCH3 is 1. The molecule has 0 fully saturated rings. The summed E-state index contributed by atoms with van der Waals surface area (Å²) in [7, 11) is 1.70. The van der Waals surface area contributed by atoms with Crippen LogP contribution in [-0.2, 0) is 4.74 Å². The molecule has 0 saturated heterocycles. The average Bonchev–Trinajstić information content (AvgIpc) is 2.40. The van der Waals surface area contributed by atoms with Crippen molar-refractivity contribution < 1.29 is 9.53 Å². The molecule has 0 aliphatic heterocycles. The van der Waals surface area contributed by atoms with E-state index < -0.39 is 0 Å². The van der Waals surface area contributed by atoms with Crippen molar-refractivity contribution in [2.24, 2.45) is 0 Å². The van der Waals surface area contributed by atoms with Crippen LogP contribution in [0.4, 0.5) is 5.69 Å². The predicted molar refractivity (Wildman–Crippen MR) is 78.8 cm³/mol. The van der Waals surface area contributed by atoms with Gasteiger partial charge in [-0.3, -0.25) is 4.79 Å². The van der Waals surface area contributed by atoms with Crippen molar-refractivity contribution in [2.75, 3.05) is 25.6 Å². The van der Waals surface area contributed by atoms with Crippen molar-refractivity contribution in [2.45, 2.75) is 33.2 Å². The molecule has 0 radical (unpaired) electrons. The van der Waals surface area contributed by atoms with E-state index in [1.807, 2.05) is 32.0 Å². The smallest absolute Gasteiger partial charge is 0.251 e. The lowest BCUT2D eigenvalue weighted by molar-refractivity contribution is 0.0956. The zero-order valence-corrected chi connectivity index (χ0v) is 12.2. The summed E-state index contributed by atoms with van der Waals surface area (Å²) < 4.78 is 5.18. The molecule has 1 aromatic rings. The van der Waals surface area contributed by atoms with Gasteiger partial charge in [0.05, 0.1) is 6.61 Å². The summed E-state index contributed by atoms with van der Waals surface area (Å²) in [6.45, 7) is 7.35. The summed E-state index contributed by atoms with van der Waals surface area (Å²) in [6, 6.07) is 5.97. The lowest BCUT2D eigenvalue weighted by atomic mass is 10.1. The summed E-state index contributed by atoms with van der Waals surface area (Å²) in [6.07, 6.45) is 0.971. The van der Waals surface area contributed by atoms with Crippen molar-refractivity contribution in [3.63, 3.8) is 0 Å². The fourth-order valence-corrected chi connectivity index (χ4v) is 1.86. The quantitative estimate of drug-likeness (QED) is 0.796. The van der Waals surface area contributed by atoms with Crippen molar-refractivity contribution in [1.82, 2.24) is 5.32 Å². The van der Waals surface area contributed by atoms with Crippen molar-refractivity contribution in [1.29, 1.82) is 0 Å². The molecular weight excluding hydrogens is 240 g/mol.